The number of carbonyl (C=O) groups is 1. The second kappa shape index (κ2) is 7.48. The molecule has 2 aliphatic heterocycles. The van der Waals surface area contributed by atoms with Gasteiger partial charge in [0, 0.05) is 29.5 Å². The van der Waals surface area contributed by atoms with Gasteiger partial charge in [0.2, 0.25) is 5.91 Å². The third kappa shape index (κ3) is 3.30. The van der Waals surface area contributed by atoms with Crippen LogP contribution in [0.2, 0.25) is 0 Å². The number of anilines is 2. The van der Waals surface area contributed by atoms with Crippen molar-refractivity contribution in [3.63, 3.8) is 0 Å². The second-order valence-electron chi connectivity index (χ2n) is 7.98. The van der Waals surface area contributed by atoms with E-state index in [4.69, 9.17) is 0 Å². The lowest BCUT2D eigenvalue weighted by molar-refractivity contribution is -0.120. The molecule has 1 unspecified atom stereocenters. The first kappa shape index (κ1) is 18.7. The van der Waals surface area contributed by atoms with E-state index >= 15 is 0 Å². The smallest absolute Gasteiger partial charge is 0.229 e. The molecule has 5 rings (SSSR count). The quantitative estimate of drug-likeness (QED) is 0.713. The maximum atomic E-state index is 13.2. The van der Waals surface area contributed by atoms with Gasteiger partial charge in [-0.2, -0.15) is 0 Å². The first-order valence-corrected chi connectivity index (χ1v) is 10.2. The summed E-state index contributed by atoms with van der Waals surface area (Å²) in [6.07, 6.45) is 7.03. The molecule has 7 heteroatoms. The summed E-state index contributed by atoms with van der Waals surface area (Å²) in [6.45, 7) is 1.94. The van der Waals surface area contributed by atoms with Crippen LogP contribution in [0.15, 0.2) is 55.0 Å². The Hall–Kier alpha value is -3.35. The van der Waals surface area contributed by atoms with Crippen molar-refractivity contribution in [2.24, 2.45) is 5.92 Å². The van der Waals surface area contributed by atoms with Gasteiger partial charge in [0.15, 0.2) is 11.6 Å². The van der Waals surface area contributed by atoms with Crippen molar-refractivity contribution in [3.8, 4) is 11.4 Å². The van der Waals surface area contributed by atoms with E-state index in [1.165, 1.54) is 0 Å². The summed E-state index contributed by atoms with van der Waals surface area (Å²) in [4.78, 5) is 28.1. The lowest BCUT2D eigenvalue weighted by atomic mass is 9.88. The normalized spacial score (nSPS) is 22.3. The molecule has 152 valence electrons. The molecule has 3 atom stereocenters. The van der Waals surface area contributed by atoms with Crippen LogP contribution >= 0.6 is 0 Å². The number of fused-ring (bicyclic) bond motifs is 2. The number of nitrogens with zero attached hydrogens (tertiary/aromatic N) is 4. The highest BCUT2D eigenvalue weighted by Crippen LogP contribution is 2.44. The Kier molecular flexibility index (Phi) is 4.65. The molecular formula is C23H22FN5O. The standard InChI is InChI=1S/C23H22FN5O/c1-14-5-6-16(10-18(14)22-26-12-15(24)13-27-22)28-23(30)19-11-17-7-8-20(19)29(17)21-4-2-3-9-25-21/h2-6,9-10,12-13,17,19-20H,7-8,11H2,1H3,(H,28,30)/t17?,19-,20-/m1/s1. The molecule has 2 bridgehead atoms. The van der Waals surface area contributed by atoms with E-state index in [9.17, 15) is 9.18 Å². The molecule has 0 radical (unpaired) electrons. The van der Waals surface area contributed by atoms with Gasteiger partial charge < -0.3 is 10.2 Å². The van der Waals surface area contributed by atoms with Gasteiger partial charge in [-0.25, -0.2) is 19.3 Å². The number of nitrogens with one attached hydrogen (secondary N) is 1. The number of aromatic nitrogens is 3. The molecule has 6 nitrogen and oxygen atoms in total. The highest BCUT2D eigenvalue weighted by molar-refractivity contribution is 5.94. The van der Waals surface area contributed by atoms with E-state index in [0.29, 0.717) is 17.6 Å². The van der Waals surface area contributed by atoms with E-state index in [2.05, 4.69) is 25.2 Å². The zero-order chi connectivity index (χ0) is 20.7. The average molecular weight is 403 g/mol. The maximum absolute atomic E-state index is 13.2. The third-order valence-corrected chi connectivity index (χ3v) is 6.15. The van der Waals surface area contributed by atoms with E-state index in [0.717, 1.165) is 48.6 Å². The highest BCUT2D eigenvalue weighted by atomic mass is 19.1. The fourth-order valence-corrected chi connectivity index (χ4v) is 4.76. The molecule has 30 heavy (non-hydrogen) atoms. The number of aryl methyl sites for hydroxylation is 1. The molecule has 1 aromatic carbocycles. The summed E-state index contributed by atoms with van der Waals surface area (Å²) in [5, 5.41) is 3.07. The molecule has 2 fully saturated rings. The van der Waals surface area contributed by atoms with Crippen LogP contribution in [-0.2, 0) is 4.79 Å². The molecule has 2 saturated heterocycles. The largest absolute Gasteiger partial charge is 0.350 e. The van der Waals surface area contributed by atoms with Gasteiger partial charge in [0.1, 0.15) is 5.82 Å². The van der Waals surface area contributed by atoms with Gasteiger partial charge in [-0.3, -0.25) is 4.79 Å². The van der Waals surface area contributed by atoms with Gasteiger partial charge in [-0.05, 0) is 56.0 Å². The van der Waals surface area contributed by atoms with Crippen LogP contribution in [-0.4, -0.2) is 32.9 Å². The van der Waals surface area contributed by atoms with E-state index in [1.807, 2.05) is 43.3 Å². The molecule has 0 spiro atoms. The Labute approximate surface area is 174 Å². The van der Waals surface area contributed by atoms with Gasteiger partial charge >= 0.3 is 0 Å². The second-order valence-corrected chi connectivity index (χ2v) is 7.98. The summed E-state index contributed by atoms with van der Waals surface area (Å²) in [5.74, 6) is 0.864. The van der Waals surface area contributed by atoms with Crippen molar-refractivity contribution in [1.29, 1.82) is 0 Å². The summed E-state index contributed by atoms with van der Waals surface area (Å²) >= 11 is 0. The summed E-state index contributed by atoms with van der Waals surface area (Å²) in [7, 11) is 0. The minimum Gasteiger partial charge on any atom is -0.350 e. The Bertz CT molecular complexity index is 1070. The molecule has 0 aliphatic carbocycles. The Morgan fingerprint density at radius 1 is 1.13 bits per heavy atom. The molecule has 4 heterocycles. The van der Waals surface area contributed by atoms with Crippen molar-refractivity contribution in [2.75, 3.05) is 10.2 Å². The zero-order valence-electron chi connectivity index (χ0n) is 16.6. The predicted molar refractivity (Wildman–Crippen MR) is 112 cm³/mol. The number of pyridine rings is 1. The van der Waals surface area contributed by atoms with E-state index in [1.54, 1.807) is 6.20 Å². The van der Waals surface area contributed by atoms with Crippen LogP contribution in [0.3, 0.4) is 0 Å². The predicted octanol–water partition coefficient (Wildman–Crippen LogP) is 3.98. The first-order chi connectivity index (χ1) is 14.6. The molecule has 0 saturated carbocycles. The molecule has 1 amide bonds. The molecule has 1 N–H and O–H groups in total. The minimum atomic E-state index is -0.477. The van der Waals surface area contributed by atoms with Crippen LogP contribution < -0.4 is 10.2 Å². The number of hydrogen-bond acceptors (Lipinski definition) is 5. The first-order valence-electron chi connectivity index (χ1n) is 10.2. The molecule has 2 aliphatic rings. The lowest BCUT2D eigenvalue weighted by Gasteiger charge is -2.25. The van der Waals surface area contributed by atoms with Crippen molar-refractivity contribution < 1.29 is 9.18 Å². The number of benzene rings is 1. The monoisotopic (exact) mass is 403 g/mol. The van der Waals surface area contributed by atoms with Crippen molar-refractivity contribution in [1.82, 2.24) is 15.0 Å². The van der Waals surface area contributed by atoms with Crippen molar-refractivity contribution in [3.05, 3.63) is 66.4 Å². The summed E-state index contributed by atoms with van der Waals surface area (Å²) in [5.41, 5.74) is 2.43. The van der Waals surface area contributed by atoms with Crippen LogP contribution in [0.1, 0.15) is 24.8 Å². The summed E-state index contributed by atoms with van der Waals surface area (Å²) < 4.78 is 13.2. The fourth-order valence-electron chi connectivity index (χ4n) is 4.76. The fraction of sp³-hybridized carbons (Fsp3) is 0.304. The van der Waals surface area contributed by atoms with Crippen molar-refractivity contribution in [2.45, 2.75) is 38.3 Å². The third-order valence-electron chi connectivity index (χ3n) is 6.15. The SMILES string of the molecule is Cc1ccc(NC(=O)[C@@H]2CC3CC[C@H]2N3c2ccccn2)cc1-c1ncc(F)cn1. The minimum absolute atomic E-state index is 0.0259. The number of carbonyl (C=O) groups excluding carboxylic acids is 1. The molecule has 2 aromatic heterocycles. The average Bonchev–Trinajstić information content (AvgIpc) is 3.35. The molecular weight excluding hydrogens is 381 g/mol. The van der Waals surface area contributed by atoms with Gasteiger partial charge in [0.05, 0.1) is 18.3 Å². The Morgan fingerprint density at radius 3 is 2.73 bits per heavy atom. The highest BCUT2D eigenvalue weighted by Gasteiger charge is 2.49. The Balaban J connectivity index is 1.35. The topological polar surface area (TPSA) is 71.0 Å². The number of amides is 1. The van der Waals surface area contributed by atoms with Gasteiger partial charge in [-0.1, -0.05) is 12.1 Å². The van der Waals surface area contributed by atoms with Crippen LogP contribution in [0.25, 0.3) is 11.4 Å². The van der Waals surface area contributed by atoms with Crippen LogP contribution in [0.5, 0.6) is 0 Å². The molecule has 3 aromatic rings. The van der Waals surface area contributed by atoms with Crippen LogP contribution in [0.4, 0.5) is 15.9 Å². The lowest BCUT2D eigenvalue weighted by Crippen LogP contribution is -2.35. The van der Waals surface area contributed by atoms with E-state index < -0.39 is 5.82 Å². The Morgan fingerprint density at radius 2 is 1.97 bits per heavy atom. The number of hydrogen-bond donors (Lipinski definition) is 1. The number of halogens is 1. The summed E-state index contributed by atoms with van der Waals surface area (Å²) in [6, 6.07) is 12.1. The zero-order valence-corrected chi connectivity index (χ0v) is 16.6. The van der Waals surface area contributed by atoms with Crippen LogP contribution in [0, 0.1) is 18.7 Å². The van der Waals surface area contributed by atoms with E-state index in [-0.39, 0.29) is 17.9 Å². The maximum Gasteiger partial charge on any atom is 0.229 e. The van der Waals surface area contributed by atoms with Crippen molar-refractivity contribution >= 4 is 17.4 Å². The van der Waals surface area contributed by atoms with Gasteiger partial charge in [-0.15, -0.1) is 0 Å². The van der Waals surface area contributed by atoms with Gasteiger partial charge in [0.25, 0.3) is 0 Å². The number of rotatable bonds is 4.